The Hall–Kier alpha value is -6.91. The number of hydrogen-bond acceptors (Lipinski definition) is 4. The van der Waals surface area contributed by atoms with Gasteiger partial charge < -0.3 is 14.1 Å². The van der Waals surface area contributed by atoms with Crippen molar-refractivity contribution in [1.82, 2.24) is 4.98 Å². The van der Waals surface area contributed by atoms with E-state index >= 15 is 0 Å². The first kappa shape index (κ1) is 33.3. The Balaban J connectivity index is 0.967. The Morgan fingerprint density at radius 2 is 1.34 bits per heavy atom. The van der Waals surface area contributed by atoms with Crippen LogP contribution in [0.5, 0.6) is 5.75 Å². The number of furan rings is 1. The average molecular weight is 749 g/mol. The molecule has 8 aromatic rings. The normalized spacial score (nSPS) is 20.9. The number of allylic oxidation sites excluding steroid dienone is 5. The van der Waals surface area contributed by atoms with Crippen molar-refractivity contribution in [3.63, 3.8) is 0 Å². The molecule has 6 aromatic carbocycles. The summed E-state index contributed by atoms with van der Waals surface area (Å²) in [6.45, 7) is 4.84. The van der Waals surface area contributed by atoms with Crippen molar-refractivity contribution in [2.24, 2.45) is 5.92 Å². The van der Waals surface area contributed by atoms with Crippen LogP contribution in [0.4, 0.5) is 11.4 Å². The minimum atomic E-state index is -0.144. The van der Waals surface area contributed by atoms with Crippen LogP contribution in [0.3, 0.4) is 0 Å². The van der Waals surface area contributed by atoms with Gasteiger partial charge >= 0.3 is 0 Å². The zero-order chi connectivity index (χ0) is 38.5. The van der Waals surface area contributed by atoms with Crippen molar-refractivity contribution < 1.29 is 9.15 Å². The molecule has 4 aliphatic rings. The molecule has 4 heteroatoms. The van der Waals surface area contributed by atoms with Gasteiger partial charge in [-0.05, 0) is 110 Å². The molecule has 278 valence electrons. The molecule has 4 nitrogen and oxygen atoms in total. The lowest BCUT2D eigenvalue weighted by atomic mass is 9.73. The SMILES string of the molecule is CC1(C)c2cc(N(C3=CC4Oc5c(c6ccccc6c6ccccc56)C4C=C3)c3ccc(-c4cc5ncccc5o4)cc3)ccc2C2C=CC(c3ccccc3)=CC21. The molecular formula is C54H40N2O2. The molecule has 4 atom stereocenters. The van der Waals surface area contributed by atoms with Gasteiger partial charge in [0.1, 0.15) is 23.1 Å². The summed E-state index contributed by atoms with van der Waals surface area (Å²) in [6.07, 6.45) is 15.9. The fourth-order valence-corrected chi connectivity index (χ4v) is 10.3. The maximum absolute atomic E-state index is 7.02. The molecular weight excluding hydrogens is 709 g/mol. The van der Waals surface area contributed by atoms with Crippen molar-refractivity contribution in [3.05, 3.63) is 210 Å². The van der Waals surface area contributed by atoms with Crippen LogP contribution in [-0.2, 0) is 5.41 Å². The van der Waals surface area contributed by atoms with Crippen LogP contribution in [0.1, 0.15) is 47.9 Å². The lowest BCUT2D eigenvalue weighted by Gasteiger charge is -2.32. The first-order valence-electron chi connectivity index (χ1n) is 20.3. The van der Waals surface area contributed by atoms with E-state index in [1.54, 1.807) is 6.20 Å². The van der Waals surface area contributed by atoms with Gasteiger partial charge in [-0.1, -0.05) is 123 Å². The average Bonchev–Trinajstić information content (AvgIpc) is 3.95. The van der Waals surface area contributed by atoms with E-state index in [0.29, 0.717) is 11.8 Å². The largest absolute Gasteiger partial charge is 0.484 e. The number of fused-ring (bicyclic) bond motifs is 12. The first-order chi connectivity index (χ1) is 28.5. The maximum atomic E-state index is 7.02. The number of pyridine rings is 1. The van der Waals surface area contributed by atoms with Crippen molar-refractivity contribution >= 4 is 49.6 Å². The van der Waals surface area contributed by atoms with Crippen molar-refractivity contribution in [2.45, 2.75) is 37.2 Å². The fourth-order valence-electron chi connectivity index (χ4n) is 10.3. The topological polar surface area (TPSA) is 38.5 Å². The molecule has 3 aliphatic carbocycles. The second kappa shape index (κ2) is 12.5. The van der Waals surface area contributed by atoms with Crippen LogP contribution in [0.15, 0.2) is 192 Å². The van der Waals surface area contributed by atoms with Gasteiger partial charge in [0.05, 0.1) is 0 Å². The monoisotopic (exact) mass is 748 g/mol. The second-order valence-electron chi connectivity index (χ2n) is 16.7. The number of ether oxygens (including phenoxy) is 1. The Bertz CT molecular complexity index is 3060. The molecule has 0 N–H and O–H groups in total. The molecule has 0 spiro atoms. The Kier molecular flexibility index (Phi) is 7.19. The van der Waals surface area contributed by atoms with E-state index in [1.807, 2.05) is 18.2 Å². The number of nitrogens with zero attached hydrogens (tertiary/aromatic N) is 2. The summed E-state index contributed by atoms with van der Waals surface area (Å²) >= 11 is 0. The van der Waals surface area contributed by atoms with Gasteiger partial charge in [0.2, 0.25) is 0 Å². The zero-order valence-electron chi connectivity index (χ0n) is 32.3. The molecule has 3 heterocycles. The number of anilines is 2. The van der Waals surface area contributed by atoms with Crippen LogP contribution in [0, 0.1) is 5.92 Å². The number of benzene rings is 6. The third-order valence-electron chi connectivity index (χ3n) is 13.1. The van der Waals surface area contributed by atoms with Gasteiger partial charge in [-0.15, -0.1) is 0 Å². The van der Waals surface area contributed by atoms with Gasteiger partial charge in [0, 0.05) is 57.7 Å². The Morgan fingerprint density at radius 3 is 2.16 bits per heavy atom. The van der Waals surface area contributed by atoms with Crippen molar-refractivity contribution in [3.8, 4) is 17.1 Å². The van der Waals surface area contributed by atoms with Crippen LogP contribution in [-0.4, -0.2) is 11.1 Å². The van der Waals surface area contributed by atoms with Gasteiger partial charge in [-0.2, -0.15) is 0 Å². The first-order valence-corrected chi connectivity index (χ1v) is 20.3. The smallest absolute Gasteiger partial charge is 0.153 e. The summed E-state index contributed by atoms with van der Waals surface area (Å²) in [6, 6.07) is 50.0. The fraction of sp³-hybridized carbons (Fsp3) is 0.130. The predicted molar refractivity (Wildman–Crippen MR) is 237 cm³/mol. The number of aromatic nitrogens is 1. The predicted octanol–water partition coefficient (Wildman–Crippen LogP) is 13.6. The maximum Gasteiger partial charge on any atom is 0.153 e. The van der Waals surface area contributed by atoms with E-state index in [1.165, 1.54) is 49.4 Å². The quantitative estimate of drug-likeness (QED) is 0.164. The lowest BCUT2D eigenvalue weighted by molar-refractivity contribution is 0.270. The molecule has 0 saturated carbocycles. The van der Waals surface area contributed by atoms with E-state index in [9.17, 15) is 0 Å². The highest BCUT2D eigenvalue weighted by Crippen LogP contribution is 2.56. The standard InChI is InChI=1S/C54H40N2O2/c1-54(2)46-29-35(33-11-4-3-5-12-33)20-25-41(46)42-26-23-37(30-47(42)54)56(36-21-18-34(19-22-36)50-32-48-49(57-50)17-10-28-55-48)38-24-27-45-51(31-38)58-53-44-16-9-7-14-40(44)39-13-6-8-15-43(39)52(45)53/h3-32,41,45-46,51H,1-2H3. The van der Waals surface area contributed by atoms with Crippen molar-refractivity contribution in [2.75, 3.05) is 4.90 Å². The van der Waals surface area contributed by atoms with Gasteiger partial charge in [0.25, 0.3) is 0 Å². The molecule has 0 fully saturated rings. The third-order valence-corrected chi connectivity index (χ3v) is 13.1. The van der Waals surface area contributed by atoms with Gasteiger partial charge in [-0.3, -0.25) is 4.98 Å². The number of hydrogen-bond donors (Lipinski definition) is 0. The van der Waals surface area contributed by atoms with E-state index in [0.717, 1.165) is 45.2 Å². The van der Waals surface area contributed by atoms with E-state index in [2.05, 4.69) is 182 Å². The van der Waals surface area contributed by atoms with Crippen LogP contribution in [0.2, 0.25) is 0 Å². The molecule has 12 rings (SSSR count). The molecule has 58 heavy (non-hydrogen) atoms. The van der Waals surface area contributed by atoms with Crippen LogP contribution < -0.4 is 9.64 Å². The minimum Gasteiger partial charge on any atom is -0.484 e. The third kappa shape index (κ3) is 4.97. The van der Waals surface area contributed by atoms with E-state index in [4.69, 9.17) is 9.15 Å². The summed E-state index contributed by atoms with van der Waals surface area (Å²) in [5.74, 6) is 2.61. The highest BCUT2D eigenvalue weighted by atomic mass is 16.5. The Labute approximate surface area is 337 Å². The summed E-state index contributed by atoms with van der Waals surface area (Å²) < 4.78 is 13.2. The molecule has 1 aliphatic heterocycles. The molecule has 4 unspecified atom stereocenters. The summed E-state index contributed by atoms with van der Waals surface area (Å²) in [5.41, 5.74) is 12.5. The van der Waals surface area contributed by atoms with Crippen molar-refractivity contribution in [1.29, 1.82) is 0 Å². The van der Waals surface area contributed by atoms with Crippen LogP contribution in [0.25, 0.3) is 49.5 Å². The number of rotatable bonds is 5. The van der Waals surface area contributed by atoms with Gasteiger partial charge in [-0.25, -0.2) is 0 Å². The lowest BCUT2D eigenvalue weighted by Crippen LogP contribution is -2.26. The molecule has 0 amide bonds. The van der Waals surface area contributed by atoms with Gasteiger partial charge in [0.15, 0.2) is 5.58 Å². The molecule has 0 radical (unpaired) electrons. The van der Waals surface area contributed by atoms with E-state index < -0.39 is 0 Å². The highest BCUT2D eigenvalue weighted by Gasteiger charge is 2.46. The minimum absolute atomic E-state index is 0.0775. The summed E-state index contributed by atoms with van der Waals surface area (Å²) in [7, 11) is 0. The Morgan fingerprint density at radius 1 is 0.621 bits per heavy atom. The molecule has 0 bridgehead atoms. The highest BCUT2D eigenvalue weighted by molar-refractivity contribution is 6.13. The zero-order valence-corrected chi connectivity index (χ0v) is 32.3. The summed E-state index contributed by atoms with van der Waals surface area (Å²) in [5, 5.41) is 4.93. The molecule has 2 aromatic heterocycles. The summed E-state index contributed by atoms with van der Waals surface area (Å²) in [4.78, 5) is 6.90. The van der Waals surface area contributed by atoms with Crippen LogP contribution >= 0.6 is 0 Å². The van der Waals surface area contributed by atoms with E-state index in [-0.39, 0.29) is 17.4 Å². The second-order valence-corrected chi connectivity index (χ2v) is 16.7. The molecule has 0 saturated heterocycles.